The number of benzene rings is 1. The van der Waals surface area contributed by atoms with Crippen LogP contribution in [0.4, 0.5) is 0 Å². The minimum absolute atomic E-state index is 0.153. The molecule has 1 aliphatic rings. The number of Topliss-reactive ketones (excluding diaryl/α,β-unsaturated/α-hetero) is 1. The monoisotopic (exact) mass is 270 g/mol. The summed E-state index contributed by atoms with van der Waals surface area (Å²) in [6.07, 6.45) is 2.80. The van der Waals surface area contributed by atoms with E-state index in [0.717, 1.165) is 30.9 Å². The lowest BCUT2D eigenvalue weighted by atomic mass is 9.91. The number of rotatable bonds is 4. The molecule has 0 amide bonds. The summed E-state index contributed by atoms with van der Waals surface area (Å²) in [4.78, 5) is 16.7. The Morgan fingerprint density at radius 1 is 1.45 bits per heavy atom. The van der Waals surface area contributed by atoms with Gasteiger partial charge in [0.1, 0.15) is 12.2 Å². The van der Waals surface area contributed by atoms with Crippen LogP contribution in [-0.2, 0) is 24.2 Å². The lowest BCUT2D eigenvalue weighted by Gasteiger charge is -2.25. The molecule has 0 fully saturated rings. The van der Waals surface area contributed by atoms with E-state index in [4.69, 9.17) is 0 Å². The maximum absolute atomic E-state index is 12.6. The standard InChI is InChI=1S/C15H18N4O/c1-2-19-14(17-10-18-19)9-13(20)15-12-6-4-3-5-11(12)7-8-16-15/h3-6,10,15-16H,2,7-9H2,1H3. The summed E-state index contributed by atoms with van der Waals surface area (Å²) in [6.45, 7) is 3.57. The second kappa shape index (κ2) is 5.54. The Morgan fingerprint density at radius 2 is 2.30 bits per heavy atom. The van der Waals surface area contributed by atoms with E-state index >= 15 is 0 Å². The Bertz CT molecular complexity index is 620. The number of aromatic nitrogens is 3. The molecule has 104 valence electrons. The fraction of sp³-hybridized carbons (Fsp3) is 0.400. The predicted octanol–water partition coefficient (Wildman–Crippen LogP) is 1.30. The van der Waals surface area contributed by atoms with Crippen LogP contribution in [0.2, 0.25) is 0 Å². The maximum Gasteiger partial charge on any atom is 0.161 e. The molecule has 0 spiro atoms. The van der Waals surface area contributed by atoms with Crippen LogP contribution < -0.4 is 5.32 Å². The van der Waals surface area contributed by atoms with Crippen LogP contribution in [0, 0.1) is 0 Å². The second-order valence-corrected chi connectivity index (χ2v) is 4.97. The highest BCUT2D eigenvalue weighted by molar-refractivity contribution is 5.87. The van der Waals surface area contributed by atoms with Gasteiger partial charge in [-0.1, -0.05) is 24.3 Å². The van der Waals surface area contributed by atoms with Gasteiger partial charge in [0.05, 0.1) is 12.5 Å². The van der Waals surface area contributed by atoms with E-state index in [-0.39, 0.29) is 11.8 Å². The number of ketones is 1. The maximum atomic E-state index is 12.6. The van der Waals surface area contributed by atoms with Crippen molar-refractivity contribution in [3.05, 3.63) is 47.5 Å². The number of fused-ring (bicyclic) bond motifs is 1. The van der Waals surface area contributed by atoms with Crippen molar-refractivity contribution in [3.63, 3.8) is 0 Å². The molecule has 1 unspecified atom stereocenters. The van der Waals surface area contributed by atoms with Crippen LogP contribution in [-0.4, -0.2) is 27.1 Å². The van der Waals surface area contributed by atoms with Crippen LogP contribution in [0.15, 0.2) is 30.6 Å². The molecule has 0 aliphatic carbocycles. The number of hydrogen-bond acceptors (Lipinski definition) is 4. The third-order valence-corrected chi connectivity index (χ3v) is 3.76. The molecule has 1 aromatic carbocycles. The molecule has 0 radical (unpaired) electrons. The highest BCUT2D eigenvalue weighted by Crippen LogP contribution is 2.24. The summed E-state index contributed by atoms with van der Waals surface area (Å²) in [5.41, 5.74) is 2.37. The van der Waals surface area contributed by atoms with Crippen molar-refractivity contribution in [3.8, 4) is 0 Å². The molecule has 0 saturated carbocycles. The molecule has 1 aromatic heterocycles. The van der Waals surface area contributed by atoms with Gasteiger partial charge in [0, 0.05) is 13.1 Å². The number of nitrogens with one attached hydrogen (secondary N) is 1. The van der Waals surface area contributed by atoms with Crippen LogP contribution in [0.3, 0.4) is 0 Å². The molecule has 5 nitrogen and oxygen atoms in total. The van der Waals surface area contributed by atoms with Gasteiger partial charge in [0.15, 0.2) is 5.78 Å². The van der Waals surface area contributed by atoms with Crippen LogP contribution in [0.25, 0.3) is 0 Å². The van der Waals surface area contributed by atoms with Crippen molar-refractivity contribution >= 4 is 5.78 Å². The van der Waals surface area contributed by atoms with Crippen LogP contribution >= 0.6 is 0 Å². The fourth-order valence-corrected chi connectivity index (χ4v) is 2.74. The first-order valence-corrected chi connectivity index (χ1v) is 7.00. The van der Waals surface area contributed by atoms with Gasteiger partial charge in [-0.3, -0.25) is 4.79 Å². The molecule has 0 bridgehead atoms. The zero-order valence-electron chi connectivity index (χ0n) is 11.5. The van der Waals surface area contributed by atoms with Gasteiger partial charge < -0.3 is 5.32 Å². The van der Waals surface area contributed by atoms with Crippen molar-refractivity contribution in [2.75, 3.05) is 6.54 Å². The van der Waals surface area contributed by atoms with E-state index in [1.54, 1.807) is 4.68 Å². The summed E-state index contributed by atoms with van der Waals surface area (Å²) in [5, 5.41) is 7.43. The molecule has 1 N–H and O–H groups in total. The van der Waals surface area contributed by atoms with Gasteiger partial charge in [0.25, 0.3) is 0 Å². The highest BCUT2D eigenvalue weighted by atomic mass is 16.1. The Morgan fingerprint density at radius 3 is 3.15 bits per heavy atom. The van der Waals surface area contributed by atoms with E-state index < -0.39 is 0 Å². The second-order valence-electron chi connectivity index (χ2n) is 4.97. The lowest BCUT2D eigenvalue weighted by molar-refractivity contribution is -0.120. The molecular weight excluding hydrogens is 252 g/mol. The topological polar surface area (TPSA) is 59.8 Å². The fourth-order valence-electron chi connectivity index (χ4n) is 2.74. The first-order chi connectivity index (χ1) is 9.79. The third-order valence-electron chi connectivity index (χ3n) is 3.76. The highest BCUT2D eigenvalue weighted by Gasteiger charge is 2.26. The van der Waals surface area contributed by atoms with E-state index in [1.807, 2.05) is 25.1 Å². The Balaban J connectivity index is 1.82. The first-order valence-electron chi connectivity index (χ1n) is 7.00. The minimum atomic E-state index is -0.220. The summed E-state index contributed by atoms with van der Waals surface area (Å²) in [6, 6.07) is 7.93. The molecule has 5 heteroatoms. The molecule has 0 saturated heterocycles. The molecule has 2 heterocycles. The third kappa shape index (κ3) is 2.36. The zero-order valence-corrected chi connectivity index (χ0v) is 11.5. The quantitative estimate of drug-likeness (QED) is 0.909. The van der Waals surface area contributed by atoms with Crippen molar-refractivity contribution in [1.82, 2.24) is 20.1 Å². The Labute approximate surface area is 118 Å². The van der Waals surface area contributed by atoms with Gasteiger partial charge in [-0.2, -0.15) is 5.10 Å². The van der Waals surface area contributed by atoms with Gasteiger partial charge >= 0.3 is 0 Å². The largest absolute Gasteiger partial charge is 0.303 e. The van der Waals surface area contributed by atoms with Gasteiger partial charge in [-0.05, 0) is 24.5 Å². The summed E-state index contributed by atoms with van der Waals surface area (Å²) in [5.74, 6) is 0.891. The SMILES string of the molecule is CCn1ncnc1CC(=O)C1NCCc2ccccc21. The number of carbonyl (C=O) groups is 1. The van der Waals surface area contributed by atoms with Crippen LogP contribution in [0.1, 0.15) is 29.9 Å². The zero-order chi connectivity index (χ0) is 13.9. The van der Waals surface area contributed by atoms with Crippen LogP contribution in [0.5, 0.6) is 0 Å². The number of carbonyl (C=O) groups excluding carboxylic acids is 1. The summed E-state index contributed by atoms with van der Waals surface area (Å²) < 4.78 is 1.77. The Hall–Kier alpha value is -2.01. The lowest BCUT2D eigenvalue weighted by Crippen LogP contribution is -2.36. The van der Waals surface area contributed by atoms with E-state index in [9.17, 15) is 4.79 Å². The van der Waals surface area contributed by atoms with Crippen molar-refractivity contribution < 1.29 is 4.79 Å². The van der Waals surface area contributed by atoms with E-state index in [0.29, 0.717) is 6.42 Å². The average molecular weight is 270 g/mol. The molecule has 2 aromatic rings. The normalized spacial score (nSPS) is 17.8. The smallest absolute Gasteiger partial charge is 0.161 e. The molecule has 20 heavy (non-hydrogen) atoms. The summed E-state index contributed by atoms with van der Waals surface area (Å²) >= 11 is 0. The number of hydrogen-bond donors (Lipinski definition) is 1. The average Bonchev–Trinajstić information content (AvgIpc) is 2.93. The minimum Gasteiger partial charge on any atom is -0.303 e. The predicted molar refractivity (Wildman–Crippen MR) is 75.3 cm³/mol. The van der Waals surface area contributed by atoms with Crippen molar-refractivity contribution in [2.45, 2.75) is 32.4 Å². The molecular formula is C15H18N4O. The van der Waals surface area contributed by atoms with Gasteiger partial charge in [0.2, 0.25) is 0 Å². The first kappa shape index (κ1) is 13.0. The molecule has 1 atom stereocenters. The summed E-state index contributed by atoms with van der Waals surface area (Å²) in [7, 11) is 0. The Kier molecular flexibility index (Phi) is 3.60. The molecule has 3 rings (SSSR count). The van der Waals surface area contributed by atoms with E-state index in [1.165, 1.54) is 11.9 Å². The number of aryl methyl sites for hydroxylation is 1. The molecule has 1 aliphatic heterocycles. The van der Waals surface area contributed by atoms with Gasteiger partial charge in [-0.25, -0.2) is 9.67 Å². The van der Waals surface area contributed by atoms with Crippen molar-refractivity contribution in [1.29, 1.82) is 0 Å². The van der Waals surface area contributed by atoms with Crippen molar-refractivity contribution in [2.24, 2.45) is 0 Å². The number of nitrogens with zero attached hydrogens (tertiary/aromatic N) is 3. The van der Waals surface area contributed by atoms with Gasteiger partial charge in [-0.15, -0.1) is 0 Å². The van der Waals surface area contributed by atoms with E-state index in [2.05, 4.69) is 21.5 Å².